The minimum atomic E-state index is -0.306. The number of carbonyl (C=O) groups is 1. The molecule has 134 valence electrons. The van der Waals surface area contributed by atoms with Gasteiger partial charge in [-0.05, 0) is 31.9 Å². The van der Waals surface area contributed by atoms with Crippen molar-refractivity contribution < 1.29 is 4.79 Å². The molecule has 26 heavy (non-hydrogen) atoms. The maximum absolute atomic E-state index is 12.7. The van der Waals surface area contributed by atoms with Gasteiger partial charge in [0.05, 0.1) is 11.4 Å². The lowest BCUT2D eigenvalue weighted by molar-refractivity contribution is 0.102. The second kappa shape index (κ2) is 6.29. The molecule has 1 saturated carbocycles. The molecule has 1 amide bonds. The molecule has 0 bridgehead atoms. The first-order chi connectivity index (χ1) is 12.5. The smallest absolute Gasteiger partial charge is 0.277 e. The fraction of sp³-hybridized carbons (Fsp3) is 0.333. The molecule has 3 aromatic heterocycles. The van der Waals surface area contributed by atoms with Crippen molar-refractivity contribution in [3.8, 4) is 0 Å². The van der Waals surface area contributed by atoms with E-state index in [1.54, 1.807) is 28.7 Å². The zero-order valence-electron chi connectivity index (χ0n) is 15.0. The van der Waals surface area contributed by atoms with E-state index in [-0.39, 0.29) is 5.91 Å². The molecule has 0 unspecified atom stereocenters. The lowest BCUT2D eigenvalue weighted by atomic mass is 10.2. The van der Waals surface area contributed by atoms with Crippen LogP contribution in [0.25, 0.3) is 0 Å². The van der Waals surface area contributed by atoms with Crippen molar-refractivity contribution in [2.75, 3.05) is 10.6 Å². The molecule has 4 rings (SSSR count). The standard InChI is InChI=1S/C18H21N7O/c1-11-4-7-13(20-16-10-14(12-5-6-12)22-25(16)3)17(19-11)18(26)21-15-8-9-24(2)23-15/h4,7-10,12,20H,5-6H2,1-3H3,(H,21,23,26). The Hall–Kier alpha value is -3.16. The van der Waals surface area contributed by atoms with Gasteiger partial charge < -0.3 is 10.6 Å². The van der Waals surface area contributed by atoms with Gasteiger partial charge in [0, 0.05) is 44.0 Å². The fourth-order valence-corrected chi connectivity index (χ4v) is 2.81. The van der Waals surface area contributed by atoms with Crippen molar-refractivity contribution in [1.82, 2.24) is 24.5 Å². The summed E-state index contributed by atoms with van der Waals surface area (Å²) in [6.07, 6.45) is 4.16. The molecule has 3 heterocycles. The molecule has 1 fully saturated rings. The molecular weight excluding hydrogens is 330 g/mol. The van der Waals surface area contributed by atoms with Crippen LogP contribution in [0.5, 0.6) is 0 Å². The highest BCUT2D eigenvalue weighted by molar-refractivity contribution is 6.06. The number of hydrogen-bond donors (Lipinski definition) is 2. The maximum atomic E-state index is 12.7. The number of nitrogens with one attached hydrogen (secondary N) is 2. The number of nitrogens with zero attached hydrogens (tertiary/aromatic N) is 5. The highest BCUT2D eigenvalue weighted by Crippen LogP contribution is 2.40. The number of amides is 1. The Bertz CT molecular complexity index is 968. The Labute approximate surface area is 151 Å². The molecule has 1 aliphatic carbocycles. The summed E-state index contributed by atoms with van der Waals surface area (Å²) >= 11 is 0. The Morgan fingerprint density at radius 2 is 2.00 bits per heavy atom. The Morgan fingerprint density at radius 3 is 2.69 bits per heavy atom. The topological polar surface area (TPSA) is 89.7 Å². The molecular formula is C18H21N7O. The van der Waals surface area contributed by atoms with Crippen molar-refractivity contribution in [3.05, 3.63) is 47.5 Å². The summed E-state index contributed by atoms with van der Waals surface area (Å²) in [5.74, 6) is 1.59. The molecule has 0 saturated heterocycles. The van der Waals surface area contributed by atoms with E-state index in [0.717, 1.165) is 17.2 Å². The number of aromatic nitrogens is 5. The number of aryl methyl sites for hydroxylation is 3. The molecule has 0 radical (unpaired) electrons. The van der Waals surface area contributed by atoms with Crippen LogP contribution in [0.4, 0.5) is 17.3 Å². The number of anilines is 3. The number of pyridine rings is 1. The summed E-state index contributed by atoms with van der Waals surface area (Å²) in [6, 6.07) is 7.51. The largest absolute Gasteiger partial charge is 0.339 e. The van der Waals surface area contributed by atoms with Crippen molar-refractivity contribution >= 4 is 23.2 Å². The second-order valence-electron chi connectivity index (χ2n) is 6.65. The third-order valence-corrected chi connectivity index (χ3v) is 4.36. The number of carbonyl (C=O) groups excluding carboxylic acids is 1. The van der Waals surface area contributed by atoms with E-state index in [1.165, 1.54) is 12.8 Å². The van der Waals surface area contributed by atoms with Gasteiger partial charge in [-0.1, -0.05) is 0 Å². The second-order valence-corrected chi connectivity index (χ2v) is 6.65. The van der Waals surface area contributed by atoms with E-state index >= 15 is 0 Å². The first-order valence-electron chi connectivity index (χ1n) is 8.59. The van der Waals surface area contributed by atoms with Gasteiger partial charge in [0.1, 0.15) is 5.82 Å². The van der Waals surface area contributed by atoms with Gasteiger partial charge in [0.15, 0.2) is 11.5 Å². The molecule has 8 nitrogen and oxygen atoms in total. The molecule has 0 aliphatic heterocycles. The quantitative estimate of drug-likeness (QED) is 0.738. The lowest BCUT2D eigenvalue weighted by Gasteiger charge is -2.11. The van der Waals surface area contributed by atoms with Gasteiger partial charge >= 0.3 is 0 Å². The van der Waals surface area contributed by atoms with Crippen LogP contribution in [0.2, 0.25) is 0 Å². The van der Waals surface area contributed by atoms with E-state index in [2.05, 4.69) is 25.8 Å². The Morgan fingerprint density at radius 1 is 1.19 bits per heavy atom. The van der Waals surface area contributed by atoms with Crippen LogP contribution in [-0.4, -0.2) is 30.5 Å². The monoisotopic (exact) mass is 351 g/mol. The highest BCUT2D eigenvalue weighted by Gasteiger charge is 2.27. The first-order valence-corrected chi connectivity index (χ1v) is 8.59. The van der Waals surface area contributed by atoms with E-state index in [9.17, 15) is 4.79 Å². The van der Waals surface area contributed by atoms with Crippen LogP contribution in [0.1, 0.15) is 40.6 Å². The summed E-state index contributed by atoms with van der Waals surface area (Å²) in [5.41, 5.74) is 2.82. The zero-order chi connectivity index (χ0) is 18.3. The van der Waals surface area contributed by atoms with Crippen molar-refractivity contribution in [2.45, 2.75) is 25.7 Å². The summed E-state index contributed by atoms with van der Waals surface area (Å²) in [4.78, 5) is 17.1. The van der Waals surface area contributed by atoms with Gasteiger partial charge in [0.25, 0.3) is 5.91 Å². The summed E-state index contributed by atoms with van der Waals surface area (Å²) in [7, 11) is 3.69. The van der Waals surface area contributed by atoms with Gasteiger partial charge in [-0.2, -0.15) is 10.2 Å². The van der Waals surface area contributed by atoms with Gasteiger partial charge in [-0.15, -0.1) is 0 Å². The molecule has 2 N–H and O–H groups in total. The Kier molecular flexibility index (Phi) is 3.95. The van der Waals surface area contributed by atoms with Gasteiger partial charge in [-0.25, -0.2) is 4.98 Å². The first kappa shape index (κ1) is 16.3. The molecule has 0 aromatic carbocycles. The van der Waals surface area contributed by atoms with Crippen LogP contribution in [0, 0.1) is 6.92 Å². The van der Waals surface area contributed by atoms with Crippen LogP contribution in [0.15, 0.2) is 30.5 Å². The Balaban J connectivity index is 1.61. The fourth-order valence-electron chi connectivity index (χ4n) is 2.81. The molecule has 0 atom stereocenters. The predicted molar refractivity (Wildman–Crippen MR) is 98.6 cm³/mol. The predicted octanol–water partition coefficient (Wildman–Crippen LogP) is 2.73. The maximum Gasteiger partial charge on any atom is 0.277 e. The summed E-state index contributed by atoms with van der Waals surface area (Å²) < 4.78 is 3.43. The minimum Gasteiger partial charge on any atom is -0.339 e. The summed E-state index contributed by atoms with van der Waals surface area (Å²) in [6.45, 7) is 1.86. The number of hydrogen-bond acceptors (Lipinski definition) is 5. The molecule has 3 aromatic rings. The average molecular weight is 351 g/mol. The van der Waals surface area contributed by atoms with Crippen LogP contribution < -0.4 is 10.6 Å². The van der Waals surface area contributed by atoms with E-state index < -0.39 is 0 Å². The van der Waals surface area contributed by atoms with Crippen LogP contribution in [0.3, 0.4) is 0 Å². The summed E-state index contributed by atoms with van der Waals surface area (Å²) in [5, 5.41) is 14.8. The van der Waals surface area contributed by atoms with Gasteiger partial charge in [0.2, 0.25) is 0 Å². The van der Waals surface area contributed by atoms with Crippen LogP contribution >= 0.6 is 0 Å². The van der Waals surface area contributed by atoms with E-state index in [4.69, 9.17) is 0 Å². The zero-order valence-corrected chi connectivity index (χ0v) is 15.0. The molecule has 8 heteroatoms. The van der Waals surface area contributed by atoms with Crippen LogP contribution in [-0.2, 0) is 14.1 Å². The van der Waals surface area contributed by atoms with Crippen molar-refractivity contribution in [2.24, 2.45) is 14.1 Å². The van der Waals surface area contributed by atoms with E-state index in [0.29, 0.717) is 23.1 Å². The lowest BCUT2D eigenvalue weighted by Crippen LogP contribution is -2.17. The van der Waals surface area contributed by atoms with Crippen molar-refractivity contribution in [1.29, 1.82) is 0 Å². The SMILES string of the molecule is Cc1ccc(Nc2cc(C3CC3)nn2C)c(C(=O)Nc2ccn(C)n2)n1. The molecule has 0 spiro atoms. The average Bonchev–Trinajstić information content (AvgIpc) is 3.28. The third kappa shape index (κ3) is 3.30. The molecule has 1 aliphatic rings. The highest BCUT2D eigenvalue weighted by atomic mass is 16.2. The van der Waals surface area contributed by atoms with E-state index in [1.807, 2.05) is 32.2 Å². The number of rotatable bonds is 5. The minimum absolute atomic E-state index is 0.306. The van der Waals surface area contributed by atoms with Crippen molar-refractivity contribution in [3.63, 3.8) is 0 Å². The third-order valence-electron chi connectivity index (χ3n) is 4.36. The normalized spacial score (nSPS) is 13.7. The van der Waals surface area contributed by atoms with Gasteiger partial charge in [-0.3, -0.25) is 14.2 Å².